The molecule has 1 aliphatic rings. The Balaban J connectivity index is 1.96. The summed E-state index contributed by atoms with van der Waals surface area (Å²) in [6, 6.07) is 4.04. The number of aromatic nitrogens is 1. The number of hydrogen-bond donors (Lipinski definition) is 0. The first kappa shape index (κ1) is 12.0. The van der Waals surface area contributed by atoms with Gasteiger partial charge in [0.2, 0.25) is 0 Å². The Morgan fingerprint density at radius 1 is 1.56 bits per heavy atom. The normalized spacial score (nSPS) is 23.0. The van der Waals surface area contributed by atoms with Gasteiger partial charge in [0.25, 0.3) is 0 Å². The van der Waals surface area contributed by atoms with E-state index in [4.69, 9.17) is 9.47 Å². The van der Waals surface area contributed by atoms with Gasteiger partial charge in [-0.3, -0.25) is 4.98 Å². The Kier molecular flexibility index (Phi) is 4.32. The molecule has 2 unspecified atom stereocenters. The van der Waals surface area contributed by atoms with Gasteiger partial charge in [0, 0.05) is 23.1 Å². The average molecular weight is 286 g/mol. The molecule has 2 atom stereocenters. The van der Waals surface area contributed by atoms with E-state index < -0.39 is 0 Å². The van der Waals surface area contributed by atoms with Crippen LogP contribution in [-0.2, 0) is 15.9 Å². The first-order valence-corrected chi connectivity index (χ1v) is 6.43. The third kappa shape index (κ3) is 3.03. The number of hydrogen-bond acceptors (Lipinski definition) is 3. The van der Waals surface area contributed by atoms with Crippen LogP contribution in [0.15, 0.2) is 18.3 Å². The zero-order chi connectivity index (χ0) is 11.4. The van der Waals surface area contributed by atoms with Crippen LogP contribution >= 0.6 is 15.9 Å². The predicted octanol–water partition coefficient (Wildman–Crippen LogP) is 2.11. The van der Waals surface area contributed by atoms with Crippen molar-refractivity contribution < 1.29 is 9.47 Å². The van der Waals surface area contributed by atoms with Gasteiger partial charge < -0.3 is 9.47 Å². The van der Waals surface area contributed by atoms with Gasteiger partial charge in [0.05, 0.1) is 25.9 Å². The minimum atomic E-state index is 0.134. The van der Waals surface area contributed by atoms with Crippen LogP contribution in [0.25, 0.3) is 0 Å². The summed E-state index contributed by atoms with van der Waals surface area (Å²) in [5.74, 6) is 0. The largest absolute Gasteiger partial charge is 0.376 e. The van der Waals surface area contributed by atoms with Crippen LogP contribution in [0.3, 0.4) is 0 Å². The summed E-state index contributed by atoms with van der Waals surface area (Å²) < 4.78 is 11.0. The van der Waals surface area contributed by atoms with Crippen molar-refractivity contribution in [2.75, 3.05) is 19.8 Å². The molecular formula is C12H16BrNO2. The van der Waals surface area contributed by atoms with E-state index in [0.29, 0.717) is 19.8 Å². The molecule has 0 spiro atoms. The summed E-state index contributed by atoms with van der Waals surface area (Å²) >= 11 is 3.67. The molecule has 1 aromatic rings. The smallest absolute Gasteiger partial charge is 0.0938 e. The number of rotatable bonds is 3. The second-order valence-electron chi connectivity index (χ2n) is 3.97. The zero-order valence-electron chi connectivity index (χ0n) is 9.36. The highest BCUT2D eigenvalue weighted by atomic mass is 79.9. The molecule has 16 heavy (non-hydrogen) atoms. The molecule has 0 amide bonds. The summed E-state index contributed by atoms with van der Waals surface area (Å²) in [5, 5.41) is 0. The molecule has 0 bridgehead atoms. The molecule has 0 saturated carbocycles. The third-order valence-corrected chi connectivity index (χ3v) is 3.66. The van der Waals surface area contributed by atoms with Crippen LogP contribution in [-0.4, -0.2) is 35.7 Å². The van der Waals surface area contributed by atoms with Crippen LogP contribution in [0.4, 0.5) is 0 Å². The topological polar surface area (TPSA) is 31.4 Å². The number of pyridine rings is 1. The molecule has 1 aromatic heterocycles. The standard InChI is InChI=1S/C12H16BrNO2/c1-9-3-2-4-14-11(9)7-10(13)12-8-15-5-6-16-12/h2-4,10,12H,5-8H2,1H3. The minimum absolute atomic E-state index is 0.134. The molecule has 0 N–H and O–H groups in total. The zero-order valence-corrected chi connectivity index (χ0v) is 10.9. The van der Waals surface area contributed by atoms with Gasteiger partial charge in [-0.1, -0.05) is 22.0 Å². The predicted molar refractivity (Wildman–Crippen MR) is 66.0 cm³/mol. The molecule has 0 aliphatic carbocycles. The quantitative estimate of drug-likeness (QED) is 0.798. The Morgan fingerprint density at radius 3 is 3.12 bits per heavy atom. The Hall–Kier alpha value is -0.450. The molecule has 2 rings (SSSR count). The average Bonchev–Trinajstić information content (AvgIpc) is 2.33. The summed E-state index contributed by atoms with van der Waals surface area (Å²) in [6.45, 7) is 4.15. The van der Waals surface area contributed by atoms with E-state index >= 15 is 0 Å². The fourth-order valence-electron chi connectivity index (χ4n) is 1.76. The number of ether oxygens (including phenoxy) is 2. The van der Waals surface area contributed by atoms with Gasteiger partial charge in [0.1, 0.15) is 0 Å². The number of aryl methyl sites for hydroxylation is 1. The monoisotopic (exact) mass is 285 g/mol. The first-order chi connectivity index (χ1) is 7.77. The van der Waals surface area contributed by atoms with Crippen LogP contribution in [0.1, 0.15) is 11.3 Å². The molecule has 4 heteroatoms. The van der Waals surface area contributed by atoms with Crippen molar-refractivity contribution in [2.24, 2.45) is 0 Å². The lowest BCUT2D eigenvalue weighted by molar-refractivity contribution is -0.0871. The van der Waals surface area contributed by atoms with E-state index in [1.165, 1.54) is 5.56 Å². The van der Waals surface area contributed by atoms with Crippen LogP contribution in [0, 0.1) is 6.92 Å². The minimum Gasteiger partial charge on any atom is -0.376 e. The van der Waals surface area contributed by atoms with Crippen molar-refractivity contribution in [2.45, 2.75) is 24.3 Å². The molecule has 1 saturated heterocycles. The molecule has 1 aliphatic heterocycles. The number of halogens is 1. The maximum absolute atomic E-state index is 5.65. The highest BCUT2D eigenvalue weighted by Crippen LogP contribution is 2.19. The lowest BCUT2D eigenvalue weighted by Gasteiger charge is -2.27. The van der Waals surface area contributed by atoms with Gasteiger partial charge >= 0.3 is 0 Å². The SMILES string of the molecule is Cc1cccnc1CC(Br)C1COCCO1. The van der Waals surface area contributed by atoms with E-state index in [1.807, 2.05) is 12.3 Å². The van der Waals surface area contributed by atoms with Crippen molar-refractivity contribution >= 4 is 15.9 Å². The molecule has 0 aromatic carbocycles. The van der Waals surface area contributed by atoms with E-state index in [9.17, 15) is 0 Å². The van der Waals surface area contributed by atoms with Crippen LogP contribution < -0.4 is 0 Å². The number of nitrogens with zero attached hydrogens (tertiary/aromatic N) is 1. The van der Waals surface area contributed by atoms with E-state index in [0.717, 1.165) is 12.1 Å². The van der Waals surface area contributed by atoms with Crippen molar-refractivity contribution in [3.8, 4) is 0 Å². The lowest BCUT2D eigenvalue weighted by atomic mass is 10.1. The van der Waals surface area contributed by atoms with Gasteiger partial charge in [-0.15, -0.1) is 0 Å². The van der Waals surface area contributed by atoms with Gasteiger partial charge in [-0.25, -0.2) is 0 Å². The maximum atomic E-state index is 5.65. The fraction of sp³-hybridized carbons (Fsp3) is 0.583. The summed E-state index contributed by atoms with van der Waals surface area (Å²) in [6.07, 6.45) is 2.84. The van der Waals surface area contributed by atoms with Gasteiger partial charge in [0.15, 0.2) is 0 Å². The number of alkyl halides is 1. The van der Waals surface area contributed by atoms with Crippen molar-refractivity contribution in [3.05, 3.63) is 29.6 Å². The van der Waals surface area contributed by atoms with Crippen molar-refractivity contribution in [3.63, 3.8) is 0 Å². The van der Waals surface area contributed by atoms with Gasteiger partial charge in [-0.2, -0.15) is 0 Å². The van der Waals surface area contributed by atoms with Crippen molar-refractivity contribution in [1.29, 1.82) is 0 Å². The molecule has 0 radical (unpaired) electrons. The van der Waals surface area contributed by atoms with E-state index in [2.05, 4.69) is 33.9 Å². The van der Waals surface area contributed by atoms with Gasteiger partial charge in [-0.05, 0) is 18.6 Å². The second-order valence-corrected chi connectivity index (χ2v) is 5.15. The molecule has 88 valence electrons. The Labute approximate surface area is 104 Å². The summed E-state index contributed by atoms with van der Waals surface area (Å²) in [4.78, 5) is 4.65. The Bertz CT molecular complexity index is 340. The van der Waals surface area contributed by atoms with E-state index in [1.54, 1.807) is 0 Å². The van der Waals surface area contributed by atoms with Crippen molar-refractivity contribution in [1.82, 2.24) is 4.98 Å². The highest BCUT2D eigenvalue weighted by molar-refractivity contribution is 9.09. The van der Waals surface area contributed by atoms with Crippen LogP contribution in [0.5, 0.6) is 0 Å². The molecule has 1 fully saturated rings. The summed E-state index contributed by atoms with van der Waals surface area (Å²) in [7, 11) is 0. The first-order valence-electron chi connectivity index (χ1n) is 5.51. The highest BCUT2D eigenvalue weighted by Gasteiger charge is 2.23. The van der Waals surface area contributed by atoms with E-state index in [-0.39, 0.29) is 10.9 Å². The Morgan fingerprint density at radius 2 is 2.44 bits per heavy atom. The molecule has 2 heterocycles. The lowest BCUT2D eigenvalue weighted by Crippen LogP contribution is -2.36. The molecule has 3 nitrogen and oxygen atoms in total. The fourth-order valence-corrected chi connectivity index (χ4v) is 2.37. The molecular weight excluding hydrogens is 270 g/mol. The maximum Gasteiger partial charge on any atom is 0.0938 e. The second kappa shape index (κ2) is 5.75. The summed E-state index contributed by atoms with van der Waals surface area (Å²) in [5.41, 5.74) is 2.35. The van der Waals surface area contributed by atoms with Crippen LogP contribution in [0.2, 0.25) is 0 Å². The third-order valence-electron chi connectivity index (χ3n) is 2.75.